The minimum absolute atomic E-state index is 0.0303. The summed E-state index contributed by atoms with van der Waals surface area (Å²) in [5, 5.41) is 13.1. The monoisotopic (exact) mass is 402 g/mol. The molecule has 0 heterocycles. The quantitative estimate of drug-likeness (QED) is 0.529. The van der Waals surface area contributed by atoms with Crippen LogP contribution >= 0.6 is 0 Å². The van der Waals surface area contributed by atoms with Gasteiger partial charge in [-0.15, -0.1) is 0 Å². The summed E-state index contributed by atoms with van der Waals surface area (Å²) in [5.74, 6) is 4.22. The number of aliphatic hydroxyl groups excluding tert-OH is 1. The van der Waals surface area contributed by atoms with Gasteiger partial charge in [0.1, 0.15) is 0 Å². The van der Waals surface area contributed by atoms with Crippen LogP contribution in [0.5, 0.6) is 0 Å². The summed E-state index contributed by atoms with van der Waals surface area (Å²) in [6.45, 7) is 5.26. The van der Waals surface area contributed by atoms with Gasteiger partial charge in [0.05, 0.1) is 6.10 Å². The van der Waals surface area contributed by atoms with Gasteiger partial charge in [-0.05, 0) is 115 Å². The minimum Gasteiger partial charge on any atom is -0.393 e. The molecule has 0 saturated heterocycles. The first-order valence-electron chi connectivity index (χ1n) is 12.7. The third-order valence-electron chi connectivity index (χ3n) is 10.8. The van der Waals surface area contributed by atoms with Crippen LogP contribution in [-0.2, 0) is 0 Å². The zero-order valence-corrected chi connectivity index (χ0v) is 18.8. The molecule has 0 aromatic heterocycles. The molecule has 4 fully saturated rings. The fraction of sp³-hybridized carbons (Fsp3) is 0.655. The number of hydrogen-bond donors (Lipinski definition) is 1. The number of fused-ring (bicyclic) bond motifs is 6. The van der Waals surface area contributed by atoms with Crippen molar-refractivity contribution >= 4 is 10.8 Å². The first-order valence-corrected chi connectivity index (χ1v) is 12.7. The van der Waals surface area contributed by atoms with Crippen molar-refractivity contribution in [1.82, 2.24) is 0 Å². The van der Waals surface area contributed by atoms with Gasteiger partial charge in [0.15, 0.2) is 0 Å². The smallest absolute Gasteiger partial charge is 0.0543 e. The number of hydrogen-bond acceptors (Lipinski definition) is 1. The van der Waals surface area contributed by atoms with Gasteiger partial charge in [-0.2, -0.15) is 0 Å². The highest BCUT2D eigenvalue weighted by Crippen LogP contribution is 2.69. The Morgan fingerprint density at radius 3 is 2.40 bits per heavy atom. The predicted octanol–water partition coefficient (Wildman–Crippen LogP) is 7.33. The van der Waals surface area contributed by atoms with Crippen LogP contribution in [0.3, 0.4) is 0 Å². The summed E-state index contributed by atoms with van der Waals surface area (Å²) >= 11 is 0. The molecular formula is C29H38O. The van der Waals surface area contributed by atoms with Gasteiger partial charge in [-0.3, -0.25) is 0 Å². The first kappa shape index (κ1) is 19.4. The summed E-state index contributed by atoms with van der Waals surface area (Å²) in [6.07, 6.45) is 11.8. The van der Waals surface area contributed by atoms with Crippen molar-refractivity contribution in [2.45, 2.75) is 83.7 Å². The van der Waals surface area contributed by atoms with Crippen LogP contribution in [0.4, 0.5) is 0 Å². The van der Waals surface area contributed by atoms with Gasteiger partial charge in [-0.1, -0.05) is 56.3 Å². The van der Waals surface area contributed by atoms with Crippen molar-refractivity contribution < 1.29 is 5.11 Å². The SMILES string of the molecule is C[C@]12CC[C@@H](O)C[C@@H]1CC[C@@H]1[C@@H]2CC[C@]2(C)[C@@H](c3ccc4ccccc4c3)CC[C@@H]12. The van der Waals surface area contributed by atoms with Gasteiger partial charge in [0.25, 0.3) is 0 Å². The molecule has 30 heavy (non-hydrogen) atoms. The lowest BCUT2D eigenvalue weighted by molar-refractivity contribution is -0.122. The predicted molar refractivity (Wildman–Crippen MR) is 124 cm³/mol. The van der Waals surface area contributed by atoms with Crippen LogP contribution in [0.1, 0.15) is 83.1 Å². The lowest BCUT2D eigenvalue weighted by Crippen LogP contribution is -2.53. The average molecular weight is 403 g/mol. The molecule has 2 aromatic carbocycles. The Labute approximate surface area is 182 Å². The van der Waals surface area contributed by atoms with Crippen LogP contribution < -0.4 is 0 Å². The van der Waals surface area contributed by atoms with E-state index in [1.54, 1.807) is 5.56 Å². The van der Waals surface area contributed by atoms with Gasteiger partial charge in [0, 0.05) is 0 Å². The molecule has 0 spiro atoms. The number of rotatable bonds is 1. The summed E-state index contributed by atoms with van der Waals surface area (Å²) < 4.78 is 0. The fourth-order valence-electron chi connectivity index (χ4n) is 9.21. The van der Waals surface area contributed by atoms with Crippen LogP contribution in [0.15, 0.2) is 42.5 Å². The van der Waals surface area contributed by atoms with E-state index in [1.807, 2.05) is 0 Å². The molecule has 6 rings (SSSR count). The Morgan fingerprint density at radius 1 is 0.767 bits per heavy atom. The van der Waals surface area contributed by atoms with E-state index in [0.29, 0.717) is 10.8 Å². The van der Waals surface area contributed by atoms with Crippen LogP contribution in [0.2, 0.25) is 0 Å². The second-order valence-electron chi connectivity index (χ2n) is 11.9. The second-order valence-corrected chi connectivity index (χ2v) is 11.9. The third kappa shape index (κ3) is 2.70. The van der Waals surface area contributed by atoms with Gasteiger partial charge >= 0.3 is 0 Å². The molecule has 4 saturated carbocycles. The Balaban J connectivity index is 1.31. The summed E-state index contributed by atoms with van der Waals surface area (Å²) in [5.41, 5.74) is 2.56. The molecule has 4 aliphatic rings. The van der Waals surface area contributed by atoms with E-state index in [0.717, 1.165) is 42.4 Å². The zero-order chi connectivity index (χ0) is 20.5. The maximum Gasteiger partial charge on any atom is 0.0543 e. The van der Waals surface area contributed by atoms with E-state index in [1.165, 1.54) is 55.7 Å². The van der Waals surface area contributed by atoms with Gasteiger partial charge < -0.3 is 5.11 Å². The molecule has 0 amide bonds. The van der Waals surface area contributed by atoms with E-state index < -0.39 is 0 Å². The molecule has 0 unspecified atom stereocenters. The Morgan fingerprint density at radius 2 is 1.53 bits per heavy atom. The molecule has 160 valence electrons. The Hall–Kier alpha value is -1.34. The van der Waals surface area contributed by atoms with Gasteiger partial charge in [-0.25, -0.2) is 0 Å². The topological polar surface area (TPSA) is 20.2 Å². The Kier molecular flexibility index (Phi) is 4.40. The van der Waals surface area contributed by atoms with Crippen molar-refractivity contribution in [3.63, 3.8) is 0 Å². The molecule has 8 atom stereocenters. The second kappa shape index (κ2) is 6.83. The molecule has 1 heteroatoms. The maximum atomic E-state index is 10.3. The molecule has 0 radical (unpaired) electrons. The van der Waals surface area contributed by atoms with Crippen LogP contribution in [0.25, 0.3) is 10.8 Å². The molecule has 0 bridgehead atoms. The average Bonchev–Trinajstić information content (AvgIpc) is 3.11. The largest absolute Gasteiger partial charge is 0.393 e. The van der Waals surface area contributed by atoms with Crippen molar-refractivity contribution in [3.8, 4) is 0 Å². The molecule has 4 aliphatic carbocycles. The van der Waals surface area contributed by atoms with Crippen LogP contribution in [0, 0.1) is 34.5 Å². The fourth-order valence-corrected chi connectivity index (χ4v) is 9.21. The normalized spacial score (nSPS) is 45.6. The highest BCUT2D eigenvalue weighted by Gasteiger charge is 2.60. The van der Waals surface area contributed by atoms with E-state index >= 15 is 0 Å². The van der Waals surface area contributed by atoms with E-state index in [4.69, 9.17) is 0 Å². The summed E-state index contributed by atoms with van der Waals surface area (Å²) in [7, 11) is 0. The summed E-state index contributed by atoms with van der Waals surface area (Å²) in [4.78, 5) is 0. The lowest BCUT2D eigenvalue weighted by atomic mass is 9.44. The standard InChI is InChI=1S/C29H38O/c1-28-15-13-23(30)18-22(28)9-10-24-26-12-11-25(29(26,2)16-14-27(24)28)21-8-7-19-5-3-4-6-20(19)17-21/h3-8,17,22-27,30H,9-16,18H2,1-2H3/t22-,23+,24-,25+,26-,27-,28-,29+/m0/s1. The summed E-state index contributed by atoms with van der Waals surface area (Å²) in [6, 6.07) is 16.1. The molecule has 0 aliphatic heterocycles. The highest BCUT2D eigenvalue weighted by atomic mass is 16.3. The van der Waals surface area contributed by atoms with Gasteiger partial charge in [0.2, 0.25) is 0 Å². The molecule has 1 nitrogen and oxygen atoms in total. The molecule has 2 aromatic rings. The lowest BCUT2D eigenvalue weighted by Gasteiger charge is -2.61. The highest BCUT2D eigenvalue weighted by molar-refractivity contribution is 5.83. The van der Waals surface area contributed by atoms with Crippen molar-refractivity contribution in [1.29, 1.82) is 0 Å². The molecular weight excluding hydrogens is 364 g/mol. The van der Waals surface area contributed by atoms with Crippen LogP contribution in [-0.4, -0.2) is 11.2 Å². The maximum absolute atomic E-state index is 10.3. The minimum atomic E-state index is -0.0303. The number of aliphatic hydroxyl groups is 1. The molecule has 1 N–H and O–H groups in total. The van der Waals surface area contributed by atoms with E-state index in [9.17, 15) is 5.11 Å². The zero-order valence-electron chi connectivity index (χ0n) is 18.8. The van der Waals surface area contributed by atoms with E-state index in [-0.39, 0.29) is 6.10 Å². The first-order chi connectivity index (χ1) is 14.5. The van der Waals surface area contributed by atoms with Crippen molar-refractivity contribution in [2.75, 3.05) is 0 Å². The van der Waals surface area contributed by atoms with Crippen molar-refractivity contribution in [3.05, 3.63) is 48.0 Å². The Bertz CT molecular complexity index is 948. The number of benzene rings is 2. The third-order valence-corrected chi connectivity index (χ3v) is 10.8. The van der Waals surface area contributed by atoms with Crippen molar-refractivity contribution in [2.24, 2.45) is 34.5 Å². The van der Waals surface area contributed by atoms with E-state index in [2.05, 4.69) is 56.3 Å².